The first-order chi connectivity index (χ1) is 15.9. The molecule has 0 amide bonds. The van der Waals surface area contributed by atoms with Gasteiger partial charge in [0, 0.05) is 0 Å². The van der Waals surface area contributed by atoms with Gasteiger partial charge in [-0.05, 0) is 123 Å². The largest absolute Gasteiger partial charge is 0.0625 e. The van der Waals surface area contributed by atoms with E-state index in [0.717, 1.165) is 65.1 Å². The van der Waals surface area contributed by atoms with Crippen LogP contribution in [0.3, 0.4) is 0 Å². The summed E-state index contributed by atoms with van der Waals surface area (Å²) in [5.41, 5.74) is 0. The average molecular weight is 457 g/mol. The predicted octanol–water partition coefficient (Wildman–Crippen LogP) is 10.6. The minimum Gasteiger partial charge on any atom is -0.0625 e. The van der Waals surface area contributed by atoms with Crippen LogP contribution in [0.4, 0.5) is 0 Å². The Hall–Kier alpha value is 0. The fourth-order valence-electron chi connectivity index (χ4n) is 9.51. The zero-order valence-corrected chi connectivity index (χ0v) is 23.4. The SMILES string of the molecule is CC1CCCC(CCC2CCC(CC3CCC(CC4CCC(C)CC4C)CC3C)C(C)C2)C1. The first-order valence-electron chi connectivity index (χ1n) is 15.9. The summed E-state index contributed by atoms with van der Waals surface area (Å²) in [5, 5.41) is 0. The normalized spacial score (nSPS) is 47.4. The van der Waals surface area contributed by atoms with Crippen molar-refractivity contribution in [3.63, 3.8) is 0 Å². The van der Waals surface area contributed by atoms with Gasteiger partial charge in [-0.2, -0.15) is 0 Å². The van der Waals surface area contributed by atoms with Crippen molar-refractivity contribution in [1.29, 1.82) is 0 Å². The van der Waals surface area contributed by atoms with E-state index in [1.807, 2.05) is 0 Å². The third kappa shape index (κ3) is 7.49. The highest BCUT2D eigenvalue weighted by Crippen LogP contribution is 2.47. The van der Waals surface area contributed by atoms with Gasteiger partial charge in [-0.25, -0.2) is 0 Å². The van der Waals surface area contributed by atoms with Gasteiger partial charge in [-0.15, -0.1) is 0 Å². The van der Waals surface area contributed by atoms with Crippen molar-refractivity contribution in [1.82, 2.24) is 0 Å². The van der Waals surface area contributed by atoms with Crippen LogP contribution in [0.1, 0.15) is 144 Å². The van der Waals surface area contributed by atoms with Crippen molar-refractivity contribution >= 4 is 0 Å². The van der Waals surface area contributed by atoms with Gasteiger partial charge >= 0.3 is 0 Å². The van der Waals surface area contributed by atoms with Gasteiger partial charge in [0.15, 0.2) is 0 Å². The fraction of sp³-hybridized carbons (Fsp3) is 1.00. The van der Waals surface area contributed by atoms with Crippen LogP contribution < -0.4 is 0 Å². The number of hydrogen-bond donors (Lipinski definition) is 0. The summed E-state index contributed by atoms with van der Waals surface area (Å²) >= 11 is 0. The zero-order chi connectivity index (χ0) is 23.4. The molecule has 0 radical (unpaired) electrons. The van der Waals surface area contributed by atoms with E-state index in [9.17, 15) is 0 Å². The van der Waals surface area contributed by atoms with Crippen LogP contribution in [-0.4, -0.2) is 0 Å². The van der Waals surface area contributed by atoms with Gasteiger partial charge in [0.2, 0.25) is 0 Å². The van der Waals surface area contributed by atoms with E-state index >= 15 is 0 Å². The smallest absolute Gasteiger partial charge is 0.0386 e. The van der Waals surface area contributed by atoms with Gasteiger partial charge in [-0.1, -0.05) is 86.0 Å². The van der Waals surface area contributed by atoms with Gasteiger partial charge in [0.05, 0.1) is 0 Å². The van der Waals surface area contributed by atoms with Crippen LogP contribution in [0.15, 0.2) is 0 Å². The molecule has 192 valence electrons. The standard InChI is InChI=1S/C33H60/c1-23-7-6-8-28(18-23)10-11-29-12-15-32(26(4)19-29)22-33-16-13-30(20-27(33)5)21-31-14-9-24(2)17-25(31)3/h23-33H,6-22H2,1-5H3. The first-order valence-corrected chi connectivity index (χ1v) is 15.9. The summed E-state index contributed by atoms with van der Waals surface area (Å²) in [7, 11) is 0. The maximum Gasteiger partial charge on any atom is -0.0386 e. The third-order valence-corrected chi connectivity index (χ3v) is 11.8. The molecule has 4 aliphatic rings. The van der Waals surface area contributed by atoms with E-state index in [1.54, 1.807) is 64.2 Å². The molecule has 0 aromatic rings. The summed E-state index contributed by atoms with van der Waals surface area (Å²) in [6, 6.07) is 0. The highest BCUT2D eigenvalue weighted by Gasteiger charge is 2.35. The van der Waals surface area contributed by atoms with Gasteiger partial charge in [-0.3, -0.25) is 0 Å². The Morgan fingerprint density at radius 1 is 0.424 bits per heavy atom. The van der Waals surface area contributed by atoms with Crippen molar-refractivity contribution in [2.45, 2.75) is 144 Å². The molecule has 11 atom stereocenters. The van der Waals surface area contributed by atoms with Crippen LogP contribution in [0, 0.1) is 65.1 Å². The van der Waals surface area contributed by atoms with Crippen LogP contribution in [-0.2, 0) is 0 Å². The van der Waals surface area contributed by atoms with E-state index in [-0.39, 0.29) is 0 Å². The molecule has 0 heteroatoms. The molecule has 0 nitrogen and oxygen atoms in total. The van der Waals surface area contributed by atoms with Crippen molar-refractivity contribution in [2.75, 3.05) is 0 Å². The molecular formula is C33H60. The number of hydrogen-bond acceptors (Lipinski definition) is 0. The second-order valence-corrected chi connectivity index (χ2v) is 14.7. The molecule has 33 heavy (non-hydrogen) atoms. The Morgan fingerprint density at radius 2 is 0.939 bits per heavy atom. The van der Waals surface area contributed by atoms with E-state index in [4.69, 9.17) is 0 Å². The highest BCUT2D eigenvalue weighted by molar-refractivity contribution is 4.86. The Kier molecular flexibility index (Phi) is 9.72. The molecule has 0 aromatic carbocycles. The second kappa shape index (κ2) is 12.3. The molecule has 0 aromatic heterocycles. The Morgan fingerprint density at radius 3 is 1.58 bits per heavy atom. The molecule has 4 fully saturated rings. The van der Waals surface area contributed by atoms with Gasteiger partial charge in [0.1, 0.15) is 0 Å². The molecular weight excluding hydrogens is 396 g/mol. The summed E-state index contributed by atoms with van der Waals surface area (Å²) < 4.78 is 0. The quantitative estimate of drug-likeness (QED) is 0.357. The molecule has 4 saturated carbocycles. The maximum absolute atomic E-state index is 2.63. The summed E-state index contributed by atoms with van der Waals surface area (Å²) in [4.78, 5) is 0. The maximum atomic E-state index is 2.63. The summed E-state index contributed by atoms with van der Waals surface area (Å²) in [6.07, 6.45) is 26.1. The molecule has 4 rings (SSSR count). The van der Waals surface area contributed by atoms with Crippen LogP contribution in [0.5, 0.6) is 0 Å². The van der Waals surface area contributed by atoms with E-state index < -0.39 is 0 Å². The predicted molar refractivity (Wildman–Crippen MR) is 145 cm³/mol. The van der Waals surface area contributed by atoms with Crippen molar-refractivity contribution in [3.8, 4) is 0 Å². The van der Waals surface area contributed by atoms with Crippen molar-refractivity contribution in [2.24, 2.45) is 65.1 Å². The molecule has 0 saturated heterocycles. The van der Waals surface area contributed by atoms with Gasteiger partial charge < -0.3 is 0 Å². The molecule has 0 aliphatic heterocycles. The molecule has 4 aliphatic carbocycles. The van der Waals surface area contributed by atoms with E-state index in [0.29, 0.717) is 0 Å². The second-order valence-electron chi connectivity index (χ2n) is 14.7. The van der Waals surface area contributed by atoms with Crippen molar-refractivity contribution in [3.05, 3.63) is 0 Å². The molecule has 11 unspecified atom stereocenters. The van der Waals surface area contributed by atoms with Crippen LogP contribution in [0.2, 0.25) is 0 Å². The molecule has 0 N–H and O–H groups in total. The van der Waals surface area contributed by atoms with Crippen LogP contribution >= 0.6 is 0 Å². The Bertz CT molecular complexity index is 564. The lowest BCUT2D eigenvalue weighted by Gasteiger charge is -2.42. The monoisotopic (exact) mass is 456 g/mol. The average Bonchev–Trinajstić information content (AvgIpc) is 2.77. The van der Waals surface area contributed by atoms with Crippen molar-refractivity contribution < 1.29 is 0 Å². The molecule has 0 heterocycles. The Balaban J connectivity index is 1.15. The molecule has 0 spiro atoms. The first kappa shape index (κ1) is 26.1. The lowest BCUT2D eigenvalue weighted by atomic mass is 9.64. The van der Waals surface area contributed by atoms with Crippen LogP contribution in [0.25, 0.3) is 0 Å². The lowest BCUT2D eigenvalue weighted by Crippen LogP contribution is -2.31. The Labute approximate surface area is 208 Å². The topological polar surface area (TPSA) is 0 Å². The molecule has 0 bridgehead atoms. The zero-order valence-electron chi connectivity index (χ0n) is 23.4. The van der Waals surface area contributed by atoms with E-state index in [2.05, 4.69) is 34.6 Å². The van der Waals surface area contributed by atoms with Gasteiger partial charge in [0.25, 0.3) is 0 Å². The number of rotatable bonds is 7. The lowest BCUT2D eigenvalue weighted by molar-refractivity contribution is 0.0895. The summed E-state index contributed by atoms with van der Waals surface area (Å²) in [5.74, 6) is 11.2. The summed E-state index contributed by atoms with van der Waals surface area (Å²) in [6.45, 7) is 12.8. The third-order valence-electron chi connectivity index (χ3n) is 11.8. The highest BCUT2D eigenvalue weighted by atomic mass is 14.4. The van der Waals surface area contributed by atoms with E-state index in [1.165, 1.54) is 44.9 Å². The fourth-order valence-corrected chi connectivity index (χ4v) is 9.51. The minimum atomic E-state index is 0.985. The minimum absolute atomic E-state index is 0.985.